The molecule has 0 bridgehead atoms. The van der Waals surface area contributed by atoms with Crippen LogP contribution in [0, 0.1) is 0 Å². The number of fused-ring (bicyclic) bond motifs is 1. The average molecular weight is 336 g/mol. The van der Waals surface area contributed by atoms with Gasteiger partial charge in [-0.05, 0) is 17.7 Å². The van der Waals surface area contributed by atoms with E-state index in [1.807, 2.05) is 60.7 Å². The molecule has 0 fully saturated rings. The van der Waals surface area contributed by atoms with Crippen LogP contribution in [0.2, 0.25) is 5.02 Å². The normalized spacial score (nSPS) is 11.0. The number of hydrogen-bond donors (Lipinski definition) is 0. The van der Waals surface area contributed by atoms with Crippen LogP contribution >= 0.6 is 11.6 Å². The zero-order chi connectivity index (χ0) is 16.5. The lowest BCUT2D eigenvalue weighted by Gasteiger charge is -2.07. The second-order valence-electron chi connectivity index (χ2n) is 5.55. The summed E-state index contributed by atoms with van der Waals surface area (Å²) in [5.74, 6) is 0. The molecule has 118 valence electrons. The number of nitrogens with zero attached hydrogens (tertiary/aromatic N) is 3. The van der Waals surface area contributed by atoms with Crippen molar-refractivity contribution in [3.8, 4) is 11.3 Å². The second-order valence-corrected chi connectivity index (χ2v) is 5.96. The first-order chi connectivity index (χ1) is 11.7. The SMILES string of the molecule is O=c1c2cc(-c3ccccc3)nn2ccn1Cc1ccccc1Cl. The molecule has 4 nitrogen and oxygen atoms in total. The van der Waals surface area contributed by atoms with Crippen LogP contribution in [-0.4, -0.2) is 14.2 Å². The second kappa shape index (κ2) is 5.98. The van der Waals surface area contributed by atoms with Gasteiger partial charge in [0.1, 0.15) is 5.52 Å². The van der Waals surface area contributed by atoms with Crippen LogP contribution in [0.25, 0.3) is 16.8 Å². The third-order valence-corrected chi connectivity index (χ3v) is 4.34. The highest BCUT2D eigenvalue weighted by Crippen LogP contribution is 2.18. The van der Waals surface area contributed by atoms with Gasteiger partial charge in [-0.3, -0.25) is 4.79 Å². The Hall–Kier alpha value is -2.85. The topological polar surface area (TPSA) is 39.3 Å². The maximum absolute atomic E-state index is 12.7. The molecule has 0 N–H and O–H groups in total. The van der Waals surface area contributed by atoms with Crippen LogP contribution in [0.3, 0.4) is 0 Å². The van der Waals surface area contributed by atoms with Crippen LogP contribution in [0.15, 0.2) is 77.9 Å². The van der Waals surface area contributed by atoms with E-state index in [1.54, 1.807) is 21.5 Å². The zero-order valence-electron chi connectivity index (χ0n) is 12.8. The van der Waals surface area contributed by atoms with Gasteiger partial charge in [0.25, 0.3) is 5.56 Å². The van der Waals surface area contributed by atoms with E-state index in [2.05, 4.69) is 5.10 Å². The Bertz CT molecular complexity index is 1070. The molecule has 0 amide bonds. The van der Waals surface area contributed by atoms with Gasteiger partial charge in [0.2, 0.25) is 0 Å². The van der Waals surface area contributed by atoms with E-state index in [4.69, 9.17) is 11.6 Å². The summed E-state index contributed by atoms with van der Waals surface area (Å²) in [6, 6.07) is 19.2. The minimum Gasteiger partial charge on any atom is -0.308 e. The molecular weight excluding hydrogens is 322 g/mol. The van der Waals surface area contributed by atoms with Crippen molar-refractivity contribution in [3.05, 3.63) is 94.0 Å². The molecule has 2 aromatic carbocycles. The quantitative estimate of drug-likeness (QED) is 0.570. The summed E-state index contributed by atoms with van der Waals surface area (Å²) < 4.78 is 3.26. The smallest absolute Gasteiger partial charge is 0.276 e. The first-order valence-corrected chi connectivity index (χ1v) is 7.98. The number of hydrogen-bond acceptors (Lipinski definition) is 2. The molecule has 24 heavy (non-hydrogen) atoms. The number of benzene rings is 2. The molecule has 4 rings (SSSR count). The maximum atomic E-state index is 12.7. The lowest BCUT2D eigenvalue weighted by Crippen LogP contribution is -2.21. The molecule has 2 aromatic heterocycles. The average Bonchev–Trinajstić information content (AvgIpc) is 3.05. The summed E-state index contributed by atoms with van der Waals surface area (Å²) in [4.78, 5) is 12.7. The standard InChI is InChI=1S/C19H14ClN3O/c20-16-9-5-4-8-15(16)13-22-10-11-23-18(19(22)24)12-17(21-23)14-6-2-1-3-7-14/h1-12H,13H2. The molecular formula is C19H14ClN3O. The van der Waals surface area contributed by atoms with Crippen LogP contribution < -0.4 is 5.56 Å². The minimum atomic E-state index is -0.0906. The van der Waals surface area contributed by atoms with E-state index >= 15 is 0 Å². The Balaban J connectivity index is 1.78. The van der Waals surface area contributed by atoms with Gasteiger partial charge < -0.3 is 4.57 Å². The molecule has 0 aliphatic carbocycles. The van der Waals surface area contributed by atoms with Gasteiger partial charge >= 0.3 is 0 Å². The Kier molecular flexibility index (Phi) is 3.67. The monoisotopic (exact) mass is 335 g/mol. The van der Waals surface area contributed by atoms with Crippen LogP contribution in [0.1, 0.15) is 5.56 Å². The summed E-state index contributed by atoms with van der Waals surface area (Å²) >= 11 is 6.20. The van der Waals surface area contributed by atoms with Crippen molar-refractivity contribution >= 4 is 17.1 Å². The molecule has 0 spiro atoms. The molecule has 0 saturated carbocycles. The fourth-order valence-electron chi connectivity index (χ4n) is 2.71. The van der Waals surface area contributed by atoms with E-state index in [-0.39, 0.29) is 5.56 Å². The number of aromatic nitrogens is 3. The Morgan fingerprint density at radius 3 is 2.50 bits per heavy atom. The predicted molar refractivity (Wildman–Crippen MR) is 95.4 cm³/mol. The van der Waals surface area contributed by atoms with Crippen LogP contribution in [0.4, 0.5) is 0 Å². The number of rotatable bonds is 3. The van der Waals surface area contributed by atoms with Gasteiger partial charge in [-0.2, -0.15) is 5.10 Å². The van der Waals surface area contributed by atoms with Crippen LogP contribution in [-0.2, 0) is 6.54 Å². The summed E-state index contributed by atoms with van der Waals surface area (Å²) in [5, 5.41) is 5.14. The molecule has 4 aromatic rings. The van der Waals surface area contributed by atoms with Crippen molar-refractivity contribution in [2.45, 2.75) is 6.54 Å². The van der Waals surface area contributed by atoms with Gasteiger partial charge in [0.05, 0.1) is 12.2 Å². The van der Waals surface area contributed by atoms with Gasteiger partial charge in [-0.15, -0.1) is 0 Å². The molecule has 0 aliphatic heterocycles. The first kappa shape index (κ1) is 14.7. The van der Waals surface area contributed by atoms with E-state index in [0.29, 0.717) is 17.1 Å². The molecule has 0 saturated heterocycles. The summed E-state index contributed by atoms with van der Waals surface area (Å²) in [6.45, 7) is 0.431. The van der Waals surface area contributed by atoms with E-state index in [1.165, 1.54) is 0 Å². The van der Waals surface area contributed by atoms with Crippen molar-refractivity contribution in [3.63, 3.8) is 0 Å². The van der Waals surface area contributed by atoms with Crippen molar-refractivity contribution < 1.29 is 0 Å². The van der Waals surface area contributed by atoms with Crippen LogP contribution in [0.5, 0.6) is 0 Å². The van der Waals surface area contributed by atoms with Gasteiger partial charge in [-0.1, -0.05) is 60.1 Å². The number of halogens is 1. The summed E-state index contributed by atoms with van der Waals surface area (Å²) in [7, 11) is 0. The lowest BCUT2D eigenvalue weighted by molar-refractivity contribution is 0.743. The largest absolute Gasteiger partial charge is 0.308 e. The van der Waals surface area contributed by atoms with E-state index in [9.17, 15) is 4.79 Å². The minimum absolute atomic E-state index is 0.0906. The van der Waals surface area contributed by atoms with Crippen molar-refractivity contribution in [1.82, 2.24) is 14.2 Å². The Labute approximate surface area is 143 Å². The van der Waals surface area contributed by atoms with Gasteiger partial charge in [0.15, 0.2) is 0 Å². The molecule has 5 heteroatoms. The molecule has 0 aliphatic rings. The fraction of sp³-hybridized carbons (Fsp3) is 0.0526. The zero-order valence-corrected chi connectivity index (χ0v) is 13.5. The molecule has 0 radical (unpaired) electrons. The van der Waals surface area contributed by atoms with Crippen molar-refractivity contribution in [2.75, 3.05) is 0 Å². The highest BCUT2D eigenvalue weighted by atomic mass is 35.5. The predicted octanol–water partition coefficient (Wildman–Crippen LogP) is 3.86. The van der Waals surface area contributed by atoms with E-state index in [0.717, 1.165) is 16.8 Å². The highest BCUT2D eigenvalue weighted by molar-refractivity contribution is 6.31. The molecule has 0 atom stereocenters. The molecule has 2 heterocycles. The maximum Gasteiger partial charge on any atom is 0.276 e. The third kappa shape index (κ3) is 2.61. The van der Waals surface area contributed by atoms with Gasteiger partial charge in [-0.25, -0.2) is 4.52 Å². The lowest BCUT2D eigenvalue weighted by atomic mass is 10.1. The van der Waals surface area contributed by atoms with Gasteiger partial charge in [0, 0.05) is 23.0 Å². The molecule has 0 unspecified atom stereocenters. The van der Waals surface area contributed by atoms with Crippen molar-refractivity contribution in [1.29, 1.82) is 0 Å². The summed E-state index contributed by atoms with van der Waals surface area (Å²) in [6.07, 6.45) is 3.53. The Morgan fingerprint density at radius 2 is 1.71 bits per heavy atom. The Morgan fingerprint density at radius 1 is 0.958 bits per heavy atom. The van der Waals surface area contributed by atoms with E-state index < -0.39 is 0 Å². The summed E-state index contributed by atoms with van der Waals surface area (Å²) in [5.41, 5.74) is 3.13. The third-order valence-electron chi connectivity index (χ3n) is 3.97. The fourth-order valence-corrected chi connectivity index (χ4v) is 2.91. The first-order valence-electron chi connectivity index (χ1n) is 7.60. The highest BCUT2D eigenvalue weighted by Gasteiger charge is 2.10. The van der Waals surface area contributed by atoms with Crippen molar-refractivity contribution in [2.24, 2.45) is 0 Å².